The first-order chi connectivity index (χ1) is 10.2. The van der Waals surface area contributed by atoms with Gasteiger partial charge in [-0.15, -0.1) is 11.3 Å². The van der Waals surface area contributed by atoms with E-state index in [-0.39, 0.29) is 11.7 Å². The molecule has 1 fully saturated rings. The van der Waals surface area contributed by atoms with E-state index in [1.54, 1.807) is 12.1 Å². The molecular formula is C16H17FN2OS. The van der Waals surface area contributed by atoms with Crippen molar-refractivity contribution in [1.29, 1.82) is 0 Å². The minimum atomic E-state index is -0.202. The lowest BCUT2D eigenvalue weighted by Crippen LogP contribution is -2.49. The van der Waals surface area contributed by atoms with Crippen LogP contribution in [-0.4, -0.2) is 37.0 Å². The first-order valence-electron chi connectivity index (χ1n) is 6.99. The van der Waals surface area contributed by atoms with Gasteiger partial charge in [0, 0.05) is 26.2 Å². The normalized spacial score (nSPS) is 15.3. The van der Waals surface area contributed by atoms with Crippen LogP contribution in [0.3, 0.4) is 0 Å². The number of hydrogen-bond acceptors (Lipinski definition) is 3. The molecule has 3 nitrogen and oxygen atoms in total. The Morgan fingerprint density at radius 1 is 1.14 bits per heavy atom. The third-order valence-corrected chi connectivity index (χ3v) is 4.82. The van der Waals surface area contributed by atoms with Gasteiger partial charge in [-0.3, -0.25) is 4.79 Å². The van der Waals surface area contributed by atoms with Crippen LogP contribution in [0.15, 0.2) is 35.7 Å². The molecule has 1 aliphatic rings. The number of para-hydroxylation sites is 1. The van der Waals surface area contributed by atoms with E-state index in [1.807, 2.05) is 34.2 Å². The molecule has 1 amide bonds. The summed E-state index contributed by atoms with van der Waals surface area (Å²) in [4.78, 5) is 17.1. The van der Waals surface area contributed by atoms with Crippen LogP contribution in [0.2, 0.25) is 0 Å². The highest BCUT2D eigenvalue weighted by molar-refractivity contribution is 7.12. The Balaban J connectivity index is 1.67. The molecule has 1 aromatic carbocycles. The van der Waals surface area contributed by atoms with Gasteiger partial charge >= 0.3 is 0 Å². The summed E-state index contributed by atoms with van der Waals surface area (Å²) >= 11 is 1.49. The number of hydrogen-bond donors (Lipinski definition) is 0. The Labute approximate surface area is 127 Å². The first-order valence-corrected chi connectivity index (χ1v) is 7.87. The Kier molecular flexibility index (Phi) is 3.92. The number of piperazine rings is 1. The minimum Gasteiger partial charge on any atom is -0.366 e. The average Bonchev–Trinajstić information content (AvgIpc) is 2.93. The van der Waals surface area contributed by atoms with E-state index >= 15 is 0 Å². The van der Waals surface area contributed by atoms with Crippen LogP contribution in [-0.2, 0) is 0 Å². The largest absolute Gasteiger partial charge is 0.366 e. The lowest BCUT2D eigenvalue weighted by molar-refractivity contribution is 0.0751. The van der Waals surface area contributed by atoms with Gasteiger partial charge in [0.15, 0.2) is 0 Å². The second kappa shape index (κ2) is 5.85. The van der Waals surface area contributed by atoms with E-state index < -0.39 is 0 Å². The van der Waals surface area contributed by atoms with Crippen molar-refractivity contribution in [2.45, 2.75) is 6.92 Å². The van der Waals surface area contributed by atoms with Crippen LogP contribution in [0.5, 0.6) is 0 Å². The maximum atomic E-state index is 13.8. The molecule has 0 saturated carbocycles. The standard InChI is InChI=1S/C16H17FN2OS/c1-12-6-11-21-15(12)16(20)19-9-7-18(8-10-19)14-5-3-2-4-13(14)17/h2-6,11H,7-10H2,1H3. The van der Waals surface area contributed by atoms with Crippen LogP contribution in [0, 0.1) is 12.7 Å². The van der Waals surface area contributed by atoms with Crippen LogP contribution in [0.4, 0.5) is 10.1 Å². The molecule has 21 heavy (non-hydrogen) atoms. The van der Waals surface area contributed by atoms with Crippen LogP contribution in [0.25, 0.3) is 0 Å². The van der Waals surface area contributed by atoms with Crippen molar-refractivity contribution in [3.8, 4) is 0 Å². The first kappa shape index (κ1) is 14.1. The lowest BCUT2D eigenvalue weighted by atomic mass is 10.2. The molecule has 1 aliphatic heterocycles. The number of nitrogens with zero attached hydrogens (tertiary/aromatic N) is 2. The topological polar surface area (TPSA) is 23.6 Å². The summed E-state index contributed by atoms with van der Waals surface area (Å²) in [6, 6.07) is 8.76. The van der Waals surface area contributed by atoms with E-state index in [1.165, 1.54) is 17.4 Å². The number of rotatable bonds is 2. The second-order valence-corrected chi connectivity index (χ2v) is 6.08. The predicted octanol–water partition coefficient (Wildman–Crippen LogP) is 3.16. The molecule has 0 spiro atoms. The van der Waals surface area contributed by atoms with Gasteiger partial charge in [0.2, 0.25) is 0 Å². The fourth-order valence-electron chi connectivity index (χ4n) is 2.59. The number of thiophene rings is 1. The number of carbonyl (C=O) groups excluding carboxylic acids is 1. The Hall–Kier alpha value is -1.88. The van der Waals surface area contributed by atoms with E-state index in [0.717, 1.165) is 10.4 Å². The van der Waals surface area contributed by atoms with Gasteiger partial charge in [-0.1, -0.05) is 12.1 Å². The fraction of sp³-hybridized carbons (Fsp3) is 0.312. The summed E-state index contributed by atoms with van der Waals surface area (Å²) in [5.41, 5.74) is 1.65. The monoisotopic (exact) mass is 304 g/mol. The van der Waals surface area contributed by atoms with Gasteiger partial charge in [0.1, 0.15) is 5.82 Å². The SMILES string of the molecule is Cc1ccsc1C(=O)N1CCN(c2ccccc2F)CC1. The number of benzene rings is 1. The molecule has 0 aliphatic carbocycles. The van der Waals surface area contributed by atoms with Crippen molar-refractivity contribution in [3.05, 3.63) is 52.0 Å². The van der Waals surface area contributed by atoms with Crippen LogP contribution >= 0.6 is 11.3 Å². The van der Waals surface area contributed by atoms with Gasteiger partial charge in [-0.25, -0.2) is 4.39 Å². The van der Waals surface area contributed by atoms with E-state index in [4.69, 9.17) is 0 Å². The van der Waals surface area contributed by atoms with Gasteiger partial charge in [0.25, 0.3) is 5.91 Å². The summed E-state index contributed by atoms with van der Waals surface area (Å²) in [6.07, 6.45) is 0. The minimum absolute atomic E-state index is 0.0932. The molecule has 110 valence electrons. The zero-order valence-electron chi connectivity index (χ0n) is 11.9. The zero-order valence-corrected chi connectivity index (χ0v) is 12.7. The Morgan fingerprint density at radius 3 is 2.48 bits per heavy atom. The van der Waals surface area contributed by atoms with E-state index in [0.29, 0.717) is 31.9 Å². The highest BCUT2D eigenvalue weighted by atomic mass is 32.1. The van der Waals surface area contributed by atoms with Crippen molar-refractivity contribution in [2.75, 3.05) is 31.1 Å². The van der Waals surface area contributed by atoms with Gasteiger partial charge in [0.05, 0.1) is 10.6 Å². The highest BCUT2D eigenvalue weighted by Crippen LogP contribution is 2.22. The molecule has 0 N–H and O–H groups in total. The van der Waals surface area contributed by atoms with Crippen molar-refractivity contribution >= 4 is 22.9 Å². The third kappa shape index (κ3) is 2.78. The molecule has 0 unspecified atom stereocenters. The second-order valence-electron chi connectivity index (χ2n) is 5.16. The number of carbonyl (C=O) groups is 1. The highest BCUT2D eigenvalue weighted by Gasteiger charge is 2.24. The summed E-state index contributed by atoms with van der Waals surface area (Å²) in [6.45, 7) is 4.54. The van der Waals surface area contributed by atoms with Gasteiger partial charge in [-0.05, 0) is 36.1 Å². The average molecular weight is 304 g/mol. The molecule has 2 aromatic rings. The molecule has 3 rings (SSSR count). The molecule has 0 radical (unpaired) electrons. The van der Waals surface area contributed by atoms with Crippen LogP contribution < -0.4 is 4.90 Å². The fourth-order valence-corrected chi connectivity index (χ4v) is 3.49. The molecule has 0 atom stereocenters. The molecule has 1 aromatic heterocycles. The van der Waals surface area contributed by atoms with Crippen LogP contribution in [0.1, 0.15) is 15.2 Å². The quantitative estimate of drug-likeness (QED) is 0.851. The maximum absolute atomic E-state index is 13.8. The Morgan fingerprint density at radius 2 is 1.86 bits per heavy atom. The predicted molar refractivity (Wildman–Crippen MR) is 83.6 cm³/mol. The van der Waals surface area contributed by atoms with Crippen molar-refractivity contribution in [3.63, 3.8) is 0 Å². The van der Waals surface area contributed by atoms with E-state index in [2.05, 4.69) is 0 Å². The Bertz CT molecular complexity index is 647. The number of amides is 1. The lowest BCUT2D eigenvalue weighted by Gasteiger charge is -2.36. The van der Waals surface area contributed by atoms with E-state index in [9.17, 15) is 9.18 Å². The smallest absolute Gasteiger partial charge is 0.264 e. The number of halogens is 1. The van der Waals surface area contributed by atoms with Gasteiger partial charge < -0.3 is 9.80 Å². The molecule has 1 saturated heterocycles. The molecule has 0 bridgehead atoms. The van der Waals surface area contributed by atoms with Gasteiger partial charge in [-0.2, -0.15) is 0 Å². The summed E-state index contributed by atoms with van der Waals surface area (Å²) < 4.78 is 13.8. The summed E-state index contributed by atoms with van der Waals surface area (Å²) in [7, 11) is 0. The summed E-state index contributed by atoms with van der Waals surface area (Å²) in [5.74, 6) is -0.109. The maximum Gasteiger partial charge on any atom is 0.264 e. The summed E-state index contributed by atoms with van der Waals surface area (Å²) in [5, 5.41) is 1.94. The number of aryl methyl sites for hydroxylation is 1. The van der Waals surface area contributed by atoms with Crippen molar-refractivity contribution in [2.24, 2.45) is 0 Å². The molecule has 2 heterocycles. The van der Waals surface area contributed by atoms with Crippen molar-refractivity contribution in [1.82, 2.24) is 4.90 Å². The number of anilines is 1. The molecule has 5 heteroatoms. The third-order valence-electron chi connectivity index (χ3n) is 3.82. The van der Waals surface area contributed by atoms with Crippen molar-refractivity contribution < 1.29 is 9.18 Å². The zero-order chi connectivity index (χ0) is 14.8. The molecular weight excluding hydrogens is 287 g/mol.